The first kappa shape index (κ1) is 17.0. The molecule has 0 bridgehead atoms. The molecule has 0 fully saturated rings. The maximum Gasteiger partial charge on any atom is 0.251 e. The van der Waals surface area contributed by atoms with Gasteiger partial charge in [-0.3, -0.25) is 9.59 Å². The van der Waals surface area contributed by atoms with Gasteiger partial charge in [0, 0.05) is 11.3 Å². The molecule has 1 atom stereocenters. The van der Waals surface area contributed by atoms with Gasteiger partial charge in [-0.25, -0.2) is 9.07 Å². The van der Waals surface area contributed by atoms with E-state index in [0.29, 0.717) is 11.5 Å². The molecule has 7 heteroatoms. The summed E-state index contributed by atoms with van der Waals surface area (Å²) in [5.74, 6) is -0.399. The highest BCUT2D eigenvalue weighted by Crippen LogP contribution is 2.38. The zero-order chi connectivity index (χ0) is 19.0. The highest BCUT2D eigenvalue weighted by atomic mass is 19.1. The quantitative estimate of drug-likeness (QED) is 0.744. The highest BCUT2D eigenvalue weighted by molar-refractivity contribution is 6.04. The lowest BCUT2D eigenvalue weighted by Crippen LogP contribution is -2.23. The first-order valence-corrected chi connectivity index (χ1v) is 8.54. The second kappa shape index (κ2) is 6.68. The number of hydrogen-bond donors (Lipinski definition) is 2. The Bertz CT molecular complexity index is 1010. The van der Waals surface area contributed by atoms with Crippen LogP contribution in [0.5, 0.6) is 0 Å². The van der Waals surface area contributed by atoms with Crippen molar-refractivity contribution in [3.63, 3.8) is 0 Å². The third-order valence-corrected chi connectivity index (χ3v) is 4.49. The van der Waals surface area contributed by atoms with Gasteiger partial charge in [0.15, 0.2) is 0 Å². The van der Waals surface area contributed by atoms with Gasteiger partial charge in [0.2, 0.25) is 5.91 Å². The Labute approximate surface area is 155 Å². The van der Waals surface area contributed by atoms with Crippen molar-refractivity contribution in [2.45, 2.75) is 19.4 Å². The molecule has 2 aromatic carbocycles. The molecular formula is C20H17FN4O2. The van der Waals surface area contributed by atoms with Gasteiger partial charge in [-0.2, -0.15) is 5.10 Å². The molecule has 0 saturated carbocycles. The fraction of sp³-hybridized carbons (Fsp3) is 0.150. The summed E-state index contributed by atoms with van der Waals surface area (Å²) in [5, 5.41) is 9.99. The summed E-state index contributed by atoms with van der Waals surface area (Å²) in [6, 6.07) is 14.4. The number of carbonyl (C=O) groups excluding carboxylic acids is 2. The van der Waals surface area contributed by atoms with E-state index in [1.807, 2.05) is 37.3 Å². The molecule has 0 saturated heterocycles. The minimum absolute atomic E-state index is 0.0639. The van der Waals surface area contributed by atoms with E-state index < -0.39 is 6.04 Å². The Morgan fingerprint density at radius 3 is 2.59 bits per heavy atom. The molecule has 0 aliphatic carbocycles. The molecule has 1 aromatic heterocycles. The third-order valence-electron chi connectivity index (χ3n) is 4.49. The Morgan fingerprint density at radius 1 is 1.19 bits per heavy atom. The molecule has 2 N–H and O–H groups in total. The number of nitrogens with one attached hydrogen (secondary N) is 2. The molecule has 3 aromatic rings. The Kier molecular flexibility index (Phi) is 4.19. The number of aryl methyl sites for hydroxylation is 1. The van der Waals surface area contributed by atoms with Crippen molar-refractivity contribution in [2.75, 3.05) is 10.6 Å². The van der Waals surface area contributed by atoms with Crippen molar-refractivity contribution in [1.29, 1.82) is 0 Å². The molecule has 0 spiro atoms. The van der Waals surface area contributed by atoms with Gasteiger partial charge in [0.25, 0.3) is 5.91 Å². The minimum Gasteiger partial charge on any atom is -0.326 e. The standard InChI is InChI=1S/C20H17FN4O2/c1-12-18(13-5-3-2-4-6-13)19-23-20(27)16(25(19)24-12)11-17(26)22-15-9-7-14(21)8-10-15/h2-10,16H,11H2,1H3,(H,22,26)(H,23,27). The molecular weight excluding hydrogens is 347 g/mol. The predicted molar refractivity (Wildman–Crippen MR) is 99.7 cm³/mol. The predicted octanol–water partition coefficient (Wildman–Crippen LogP) is 3.52. The van der Waals surface area contributed by atoms with E-state index in [0.717, 1.165) is 16.8 Å². The van der Waals surface area contributed by atoms with Gasteiger partial charge in [-0.05, 0) is 36.8 Å². The summed E-state index contributed by atoms with van der Waals surface area (Å²) in [4.78, 5) is 24.8. The van der Waals surface area contributed by atoms with Crippen molar-refractivity contribution >= 4 is 23.3 Å². The number of amides is 2. The summed E-state index contributed by atoms with van der Waals surface area (Å²) >= 11 is 0. The Balaban J connectivity index is 1.57. The second-order valence-electron chi connectivity index (χ2n) is 6.38. The van der Waals surface area contributed by atoms with E-state index in [4.69, 9.17) is 0 Å². The molecule has 1 unspecified atom stereocenters. The van der Waals surface area contributed by atoms with Gasteiger partial charge in [0.05, 0.1) is 12.1 Å². The van der Waals surface area contributed by atoms with Crippen molar-refractivity contribution in [3.05, 3.63) is 66.1 Å². The van der Waals surface area contributed by atoms with E-state index in [9.17, 15) is 14.0 Å². The van der Waals surface area contributed by atoms with Crippen molar-refractivity contribution in [3.8, 4) is 11.1 Å². The number of nitrogens with zero attached hydrogens (tertiary/aromatic N) is 2. The van der Waals surface area contributed by atoms with E-state index in [1.54, 1.807) is 4.68 Å². The van der Waals surface area contributed by atoms with E-state index in [2.05, 4.69) is 15.7 Å². The molecule has 27 heavy (non-hydrogen) atoms. The van der Waals surface area contributed by atoms with Crippen LogP contribution in [0.2, 0.25) is 0 Å². The van der Waals surface area contributed by atoms with Gasteiger partial charge in [0.1, 0.15) is 17.7 Å². The molecule has 2 heterocycles. The number of aromatic nitrogens is 2. The Morgan fingerprint density at radius 2 is 1.89 bits per heavy atom. The first-order chi connectivity index (χ1) is 13.0. The first-order valence-electron chi connectivity index (χ1n) is 8.54. The molecule has 0 radical (unpaired) electrons. The lowest BCUT2D eigenvalue weighted by molar-refractivity contribution is -0.123. The average Bonchev–Trinajstić information content (AvgIpc) is 3.12. The molecule has 136 valence electrons. The van der Waals surface area contributed by atoms with Gasteiger partial charge in [-0.15, -0.1) is 0 Å². The summed E-state index contributed by atoms with van der Waals surface area (Å²) in [7, 11) is 0. The van der Waals surface area contributed by atoms with E-state index in [1.165, 1.54) is 24.3 Å². The maximum absolute atomic E-state index is 13.0. The SMILES string of the molecule is Cc1nn2c(c1-c1ccccc1)NC(=O)C2CC(=O)Nc1ccc(F)cc1. The summed E-state index contributed by atoms with van der Waals surface area (Å²) in [6.07, 6.45) is -0.0639. The van der Waals surface area contributed by atoms with Gasteiger partial charge >= 0.3 is 0 Å². The van der Waals surface area contributed by atoms with Crippen LogP contribution in [-0.4, -0.2) is 21.6 Å². The summed E-state index contributed by atoms with van der Waals surface area (Å²) < 4.78 is 14.5. The van der Waals surface area contributed by atoms with Gasteiger partial charge < -0.3 is 10.6 Å². The van der Waals surface area contributed by atoms with Crippen molar-refractivity contribution in [1.82, 2.24) is 9.78 Å². The zero-order valence-corrected chi connectivity index (χ0v) is 14.6. The molecule has 1 aliphatic rings. The smallest absolute Gasteiger partial charge is 0.251 e. The fourth-order valence-corrected chi connectivity index (χ4v) is 3.25. The number of fused-ring (bicyclic) bond motifs is 1. The number of benzene rings is 2. The van der Waals surface area contributed by atoms with E-state index in [-0.39, 0.29) is 24.1 Å². The maximum atomic E-state index is 13.0. The topological polar surface area (TPSA) is 76.0 Å². The van der Waals surface area contributed by atoms with Crippen molar-refractivity contribution in [2.24, 2.45) is 0 Å². The number of halogens is 1. The lowest BCUT2D eigenvalue weighted by Gasteiger charge is -2.10. The van der Waals surface area contributed by atoms with Crippen LogP contribution in [0.3, 0.4) is 0 Å². The number of hydrogen-bond acceptors (Lipinski definition) is 3. The minimum atomic E-state index is -0.725. The third kappa shape index (κ3) is 3.19. The van der Waals surface area contributed by atoms with Crippen LogP contribution in [0.4, 0.5) is 15.9 Å². The van der Waals surface area contributed by atoms with E-state index >= 15 is 0 Å². The van der Waals surface area contributed by atoms with Crippen molar-refractivity contribution < 1.29 is 14.0 Å². The molecule has 4 rings (SSSR count). The van der Waals surface area contributed by atoms with Crippen LogP contribution < -0.4 is 10.6 Å². The number of carbonyl (C=O) groups is 2. The molecule has 2 amide bonds. The summed E-state index contributed by atoms with van der Waals surface area (Å²) in [6.45, 7) is 1.87. The van der Waals surface area contributed by atoms with Crippen LogP contribution in [0, 0.1) is 12.7 Å². The van der Waals surface area contributed by atoms with Crippen LogP contribution in [0.25, 0.3) is 11.1 Å². The van der Waals surface area contributed by atoms with Crippen LogP contribution in [0.1, 0.15) is 18.2 Å². The van der Waals surface area contributed by atoms with Crippen LogP contribution in [-0.2, 0) is 9.59 Å². The zero-order valence-electron chi connectivity index (χ0n) is 14.6. The lowest BCUT2D eigenvalue weighted by atomic mass is 10.1. The average molecular weight is 364 g/mol. The van der Waals surface area contributed by atoms with Gasteiger partial charge in [-0.1, -0.05) is 30.3 Å². The largest absolute Gasteiger partial charge is 0.326 e. The molecule has 1 aliphatic heterocycles. The monoisotopic (exact) mass is 364 g/mol. The van der Waals surface area contributed by atoms with Crippen LogP contribution >= 0.6 is 0 Å². The van der Waals surface area contributed by atoms with Crippen LogP contribution in [0.15, 0.2) is 54.6 Å². The fourth-order valence-electron chi connectivity index (χ4n) is 3.25. The molecule has 6 nitrogen and oxygen atoms in total. The summed E-state index contributed by atoms with van der Waals surface area (Å²) in [5.41, 5.74) is 3.06. The Hall–Kier alpha value is -3.48. The number of anilines is 2. The number of rotatable bonds is 4. The highest BCUT2D eigenvalue weighted by Gasteiger charge is 2.36. The second-order valence-corrected chi connectivity index (χ2v) is 6.38. The normalized spacial score (nSPS) is 15.3.